The molecule has 5 nitrogen and oxygen atoms in total. The number of carbonyl (C=O) groups excluding carboxylic acids is 1. The van der Waals surface area contributed by atoms with Crippen molar-refractivity contribution in [1.29, 1.82) is 5.41 Å². The first-order valence-corrected chi connectivity index (χ1v) is 2.48. The molecular weight excluding hydrogens is 134 g/mol. The summed E-state index contributed by atoms with van der Waals surface area (Å²) in [5.41, 5.74) is 9.80. The van der Waals surface area contributed by atoms with Gasteiger partial charge < -0.3 is 16.2 Å². The first kappa shape index (κ1) is 8.48. The molecule has 0 radical (unpaired) electrons. The number of hydrogen-bond donors (Lipinski definition) is 3. The average Bonchev–Trinajstić information content (AvgIpc) is 1.88. The van der Waals surface area contributed by atoms with Crippen LogP contribution in [0.25, 0.3) is 0 Å². The summed E-state index contributed by atoms with van der Waals surface area (Å²) < 4.78 is 4.26. The van der Waals surface area contributed by atoms with Crippen molar-refractivity contribution in [3.05, 3.63) is 11.8 Å². The van der Waals surface area contributed by atoms with E-state index in [4.69, 9.17) is 16.9 Å². The summed E-state index contributed by atoms with van der Waals surface area (Å²) in [5.74, 6) is -1.09. The maximum absolute atomic E-state index is 10.6. The van der Waals surface area contributed by atoms with Crippen molar-refractivity contribution in [2.45, 2.75) is 0 Å². The van der Waals surface area contributed by atoms with Gasteiger partial charge in [0.05, 0.1) is 7.11 Å². The molecule has 10 heavy (non-hydrogen) atoms. The van der Waals surface area contributed by atoms with Crippen LogP contribution in [0.2, 0.25) is 0 Å². The van der Waals surface area contributed by atoms with E-state index in [0.717, 1.165) is 6.20 Å². The maximum Gasteiger partial charge on any atom is 0.343 e. The number of carbonyl (C=O) groups is 1. The summed E-state index contributed by atoms with van der Waals surface area (Å²) in [5, 5.41) is 6.81. The Morgan fingerprint density at radius 2 is 2.20 bits per heavy atom. The molecule has 56 valence electrons. The van der Waals surface area contributed by atoms with Crippen molar-refractivity contribution >= 4 is 11.8 Å². The number of nitrogens with one attached hydrogen (secondary N) is 1. The van der Waals surface area contributed by atoms with Crippen LogP contribution in [0, 0.1) is 5.41 Å². The second kappa shape index (κ2) is 3.49. The molecule has 5 heteroatoms. The van der Waals surface area contributed by atoms with Crippen LogP contribution in [-0.4, -0.2) is 18.9 Å². The van der Waals surface area contributed by atoms with Crippen LogP contribution < -0.4 is 11.5 Å². The van der Waals surface area contributed by atoms with Gasteiger partial charge in [-0.05, 0) is 0 Å². The Bertz CT molecular complexity index is 185. The summed E-state index contributed by atoms with van der Waals surface area (Å²) >= 11 is 0. The summed E-state index contributed by atoms with van der Waals surface area (Å²) in [6, 6.07) is 0. The molecule has 0 amide bonds. The van der Waals surface area contributed by atoms with Crippen molar-refractivity contribution in [2.24, 2.45) is 11.5 Å². The molecule has 0 spiro atoms. The lowest BCUT2D eigenvalue weighted by Crippen LogP contribution is -2.22. The van der Waals surface area contributed by atoms with Crippen molar-refractivity contribution in [3.63, 3.8) is 0 Å². The lowest BCUT2D eigenvalue weighted by atomic mass is 10.3. The zero-order valence-electron chi connectivity index (χ0n) is 5.55. The predicted molar refractivity (Wildman–Crippen MR) is 36.2 cm³/mol. The van der Waals surface area contributed by atoms with Gasteiger partial charge in [-0.3, -0.25) is 5.41 Å². The quantitative estimate of drug-likeness (QED) is 0.198. The van der Waals surface area contributed by atoms with Gasteiger partial charge in [-0.2, -0.15) is 0 Å². The molecule has 0 bridgehead atoms. The third kappa shape index (κ3) is 1.77. The third-order valence-electron chi connectivity index (χ3n) is 0.862. The van der Waals surface area contributed by atoms with E-state index in [1.54, 1.807) is 0 Å². The minimum absolute atomic E-state index is 0.123. The molecule has 0 aromatic carbocycles. The van der Waals surface area contributed by atoms with Crippen LogP contribution in [-0.2, 0) is 9.53 Å². The van der Waals surface area contributed by atoms with Crippen LogP contribution >= 0.6 is 0 Å². The molecule has 0 aromatic heterocycles. The molecule has 0 saturated heterocycles. The van der Waals surface area contributed by atoms with Gasteiger partial charge in [-0.15, -0.1) is 0 Å². The number of methoxy groups -OCH3 is 1. The van der Waals surface area contributed by atoms with E-state index >= 15 is 0 Å². The normalized spacial score (nSPS) is 10.7. The molecule has 0 fully saturated rings. The second-order valence-corrected chi connectivity index (χ2v) is 1.49. The molecule has 0 rings (SSSR count). The van der Waals surface area contributed by atoms with E-state index < -0.39 is 11.8 Å². The Morgan fingerprint density at radius 1 is 1.70 bits per heavy atom. The van der Waals surface area contributed by atoms with Crippen LogP contribution in [0.15, 0.2) is 11.8 Å². The number of esters is 1. The predicted octanol–water partition coefficient (Wildman–Crippen LogP) is -1.06. The monoisotopic (exact) mass is 143 g/mol. The summed E-state index contributed by atoms with van der Waals surface area (Å²) in [6.45, 7) is 0. The number of hydrogen-bond acceptors (Lipinski definition) is 4. The third-order valence-corrected chi connectivity index (χ3v) is 0.862. The van der Waals surface area contributed by atoms with Crippen molar-refractivity contribution in [2.75, 3.05) is 7.11 Å². The molecular formula is C5H9N3O2. The Balaban J connectivity index is 4.39. The minimum Gasteiger partial charge on any atom is -0.465 e. The Kier molecular flexibility index (Phi) is 2.96. The number of ether oxygens (including phenoxy) is 1. The minimum atomic E-state index is -0.699. The van der Waals surface area contributed by atoms with E-state index in [0.29, 0.717) is 0 Å². The van der Waals surface area contributed by atoms with Crippen molar-refractivity contribution in [3.8, 4) is 0 Å². The van der Waals surface area contributed by atoms with Crippen LogP contribution in [0.3, 0.4) is 0 Å². The van der Waals surface area contributed by atoms with Gasteiger partial charge in [0.2, 0.25) is 0 Å². The van der Waals surface area contributed by atoms with E-state index in [-0.39, 0.29) is 5.57 Å². The molecule has 0 unspecified atom stereocenters. The molecule has 0 aliphatic rings. The first-order chi connectivity index (χ1) is 4.63. The van der Waals surface area contributed by atoms with Crippen molar-refractivity contribution < 1.29 is 9.53 Å². The summed E-state index contributed by atoms with van der Waals surface area (Å²) in [7, 11) is 1.19. The molecule has 0 heterocycles. The molecule has 0 atom stereocenters. The summed E-state index contributed by atoms with van der Waals surface area (Å²) in [4.78, 5) is 10.6. The SMILES string of the molecule is COC(=O)C(=CN)C(=N)N. The zero-order chi connectivity index (χ0) is 8.15. The number of amidine groups is 1. The lowest BCUT2D eigenvalue weighted by molar-refractivity contribution is -0.135. The van der Waals surface area contributed by atoms with Gasteiger partial charge in [0.25, 0.3) is 0 Å². The first-order valence-electron chi connectivity index (χ1n) is 2.48. The Hall–Kier alpha value is -1.52. The highest BCUT2D eigenvalue weighted by Crippen LogP contribution is 1.92. The fourth-order valence-corrected chi connectivity index (χ4v) is 0.378. The molecule has 5 N–H and O–H groups in total. The van der Waals surface area contributed by atoms with Gasteiger partial charge in [0, 0.05) is 6.20 Å². The highest BCUT2D eigenvalue weighted by Gasteiger charge is 2.10. The number of rotatable bonds is 2. The van der Waals surface area contributed by atoms with Gasteiger partial charge in [0.15, 0.2) is 0 Å². The van der Waals surface area contributed by atoms with Crippen LogP contribution in [0.1, 0.15) is 0 Å². The van der Waals surface area contributed by atoms with Crippen molar-refractivity contribution in [1.82, 2.24) is 0 Å². The summed E-state index contributed by atoms with van der Waals surface area (Å²) in [6.07, 6.45) is 0.939. The van der Waals surface area contributed by atoms with E-state index in [1.165, 1.54) is 7.11 Å². The largest absolute Gasteiger partial charge is 0.465 e. The Morgan fingerprint density at radius 3 is 2.30 bits per heavy atom. The topological polar surface area (TPSA) is 102 Å². The molecule has 0 aromatic rings. The smallest absolute Gasteiger partial charge is 0.343 e. The molecule has 0 aliphatic heterocycles. The van der Waals surface area contributed by atoms with E-state index in [1.807, 2.05) is 0 Å². The van der Waals surface area contributed by atoms with Crippen LogP contribution in [0.4, 0.5) is 0 Å². The van der Waals surface area contributed by atoms with Gasteiger partial charge in [-0.1, -0.05) is 0 Å². The standard InChI is InChI=1S/C5H9N3O2/c1-10-5(9)3(2-6)4(7)8/h2H,6H2,1H3,(H3,7,8). The average molecular weight is 143 g/mol. The van der Waals surface area contributed by atoms with E-state index in [9.17, 15) is 4.79 Å². The fraction of sp³-hybridized carbons (Fsp3) is 0.200. The molecule has 0 saturated carbocycles. The Labute approximate surface area is 58.1 Å². The zero-order valence-corrected chi connectivity index (χ0v) is 5.55. The highest BCUT2D eigenvalue weighted by molar-refractivity contribution is 6.16. The van der Waals surface area contributed by atoms with Gasteiger partial charge in [0.1, 0.15) is 11.4 Å². The van der Waals surface area contributed by atoms with Crippen LogP contribution in [0.5, 0.6) is 0 Å². The van der Waals surface area contributed by atoms with E-state index in [2.05, 4.69) is 4.74 Å². The molecule has 0 aliphatic carbocycles. The van der Waals surface area contributed by atoms with Gasteiger partial charge in [-0.25, -0.2) is 4.79 Å². The number of nitrogens with two attached hydrogens (primary N) is 2. The maximum atomic E-state index is 10.6. The fourth-order valence-electron chi connectivity index (χ4n) is 0.378. The van der Waals surface area contributed by atoms with Gasteiger partial charge >= 0.3 is 5.97 Å². The lowest BCUT2D eigenvalue weighted by Gasteiger charge is -1.99. The second-order valence-electron chi connectivity index (χ2n) is 1.49. The highest BCUT2D eigenvalue weighted by atomic mass is 16.5.